The van der Waals surface area contributed by atoms with Crippen molar-refractivity contribution >= 4 is 32.4 Å². The van der Waals surface area contributed by atoms with Gasteiger partial charge in [0.05, 0.1) is 23.8 Å². The fourth-order valence-electron chi connectivity index (χ4n) is 3.91. The Balaban J connectivity index is 1.48. The second-order valence-corrected chi connectivity index (χ2v) is 10.6. The van der Waals surface area contributed by atoms with E-state index >= 15 is 0 Å². The molecule has 1 N–H and O–H groups in total. The van der Waals surface area contributed by atoms with Crippen LogP contribution in [0.1, 0.15) is 27.0 Å². The van der Waals surface area contributed by atoms with Crippen molar-refractivity contribution in [2.45, 2.75) is 25.7 Å². The molecule has 1 aliphatic heterocycles. The number of rotatable bonds is 5. The number of ether oxygens (including phenoxy) is 1. The second-order valence-electron chi connectivity index (χ2n) is 7.81. The van der Waals surface area contributed by atoms with Crippen molar-refractivity contribution in [3.05, 3.63) is 64.0 Å². The lowest BCUT2D eigenvalue weighted by Crippen LogP contribution is -2.40. The number of morpholine rings is 1. The summed E-state index contributed by atoms with van der Waals surface area (Å²) in [5.41, 5.74) is 5.75. The van der Waals surface area contributed by atoms with Crippen molar-refractivity contribution in [2.75, 3.05) is 31.6 Å². The van der Waals surface area contributed by atoms with Crippen LogP contribution in [0.5, 0.6) is 0 Å². The van der Waals surface area contributed by atoms with E-state index in [1.165, 1.54) is 45.5 Å². The maximum absolute atomic E-state index is 12.7. The van der Waals surface area contributed by atoms with E-state index in [0.717, 1.165) is 22.4 Å². The van der Waals surface area contributed by atoms with Crippen LogP contribution < -0.4 is 5.32 Å². The maximum Gasteiger partial charge on any atom is 0.257 e. The van der Waals surface area contributed by atoms with Gasteiger partial charge in [-0.15, -0.1) is 11.3 Å². The molecule has 9 heteroatoms. The first-order chi connectivity index (χ1) is 15.3. The first kappa shape index (κ1) is 22.6. The van der Waals surface area contributed by atoms with Gasteiger partial charge in [-0.1, -0.05) is 17.7 Å². The normalized spacial score (nSPS) is 15.0. The standard InChI is InChI=1S/C23H25N3O4S2/c1-15-12-16(2)21(17(3)13-15)20-14-31-23(24-20)25-22(27)18-4-6-19(7-5-18)32(28,29)26-8-10-30-11-9-26/h4-7,12-14H,8-11H2,1-3H3,(H,24,25,27). The van der Waals surface area contributed by atoms with E-state index in [0.29, 0.717) is 37.0 Å². The van der Waals surface area contributed by atoms with Gasteiger partial charge < -0.3 is 4.74 Å². The van der Waals surface area contributed by atoms with Gasteiger partial charge in [-0.2, -0.15) is 4.31 Å². The molecule has 0 bridgehead atoms. The van der Waals surface area contributed by atoms with Crippen molar-refractivity contribution < 1.29 is 17.9 Å². The summed E-state index contributed by atoms with van der Waals surface area (Å²) in [5, 5.41) is 5.24. The summed E-state index contributed by atoms with van der Waals surface area (Å²) in [6.07, 6.45) is 0. The van der Waals surface area contributed by atoms with E-state index in [2.05, 4.69) is 43.2 Å². The molecule has 1 aliphatic rings. The number of thiazole rings is 1. The Bertz CT molecular complexity index is 1220. The molecule has 1 saturated heterocycles. The molecule has 1 amide bonds. The molecule has 4 rings (SSSR count). The van der Waals surface area contributed by atoms with Crippen LogP contribution in [0.2, 0.25) is 0 Å². The summed E-state index contributed by atoms with van der Waals surface area (Å²) >= 11 is 1.36. The Morgan fingerprint density at radius 3 is 2.31 bits per heavy atom. The highest BCUT2D eigenvalue weighted by atomic mass is 32.2. The quantitative estimate of drug-likeness (QED) is 0.607. The number of hydrogen-bond acceptors (Lipinski definition) is 6. The molecule has 0 radical (unpaired) electrons. The van der Waals surface area contributed by atoms with Gasteiger partial charge in [0.15, 0.2) is 5.13 Å². The Labute approximate surface area is 192 Å². The maximum atomic E-state index is 12.7. The monoisotopic (exact) mass is 471 g/mol. The van der Waals surface area contributed by atoms with Crippen LogP contribution in [0, 0.1) is 20.8 Å². The second kappa shape index (κ2) is 9.11. The van der Waals surface area contributed by atoms with Crippen molar-refractivity contribution in [1.29, 1.82) is 0 Å². The van der Waals surface area contributed by atoms with E-state index < -0.39 is 10.0 Å². The number of amides is 1. The molecule has 7 nitrogen and oxygen atoms in total. The van der Waals surface area contributed by atoms with Crippen molar-refractivity contribution in [1.82, 2.24) is 9.29 Å². The zero-order valence-electron chi connectivity index (χ0n) is 18.2. The van der Waals surface area contributed by atoms with Gasteiger partial charge in [0.1, 0.15) is 0 Å². The molecule has 1 aromatic heterocycles. The largest absolute Gasteiger partial charge is 0.379 e. The number of sulfonamides is 1. The summed E-state index contributed by atoms with van der Waals surface area (Å²) in [5.74, 6) is -0.335. The van der Waals surface area contributed by atoms with Gasteiger partial charge in [0.25, 0.3) is 5.91 Å². The number of hydrogen-bond donors (Lipinski definition) is 1. The van der Waals surface area contributed by atoms with Crippen LogP contribution in [0.4, 0.5) is 5.13 Å². The molecule has 3 aromatic rings. The lowest BCUT2D eigenvalue weighted by atomic mass is 9.98. The average molecular weight is 472 g/mol. The third-order valence-corrected chi connectivity index (χ3v) is 8.05. The van der Waals surface area contributed by atoms with E-state index in [1.807, 2.05) is 5.38 Å². The summed E-state index contributed by atoms with van der Waals surface area (Å²) in [6, 6.07) is 10.2. The van der Waals surface area contributed by atoms with Gasteiger partial charge in [-0.25, -0.2) is 13.4 Å². The van der Waals surface area contributed by atoms with Gasteiger partial charge in [0.2, 0.25) is 10.0 Å². The first-order valence-electron chi connectivity index (χ1n) is 10.3. The Morgan fingerprint density at radius 2 is 1.69 bits per heavy atom. The van der Waals surface area contributed by atoms with Crippen molar-refractivity contribution in [2.24, 2.45) is 0 Å². The minimum atomic E-state index is -3.59. The first-order valence-corrected chi connectivity index (χ1v) is 12.6. The zero-order chi connectivity index (χ0) is 22.9. The zero-order valence-corrected chi connectivity index (χ0v) is 19.8. The number of anilines is 1. The van der Waals surface area contributed by atoms with Crippen LogP contribution in [-0.4, -0.2) is 49.9 Å². The highest BCUT2D eigenvalue weighted by molar-refractivity contribution is 7.89. The van der Waals surface area contributed by atoms with Crippen molar-refractivity contribution in [3.63, 3.8) is 0 Å². The van der Waals surface area contributed by atoms with Crippen molar-refractivity contribution in [3.8, 4) is 11.3 Å². The Hall–Kier alpha value is -2.59. The molecule has 168 valence electrons. The Morgan fingerprint density at radius 1 is 1.06 bits per heavy atom. The van der Waals surface area contributed by atoms with E-state index in [1.54, 1.807) is 0 Å². The highest BCUT2D eigenvalue weighted by Gasteiger charge is 2.26. The van der Waals surface area contributed by atoms with Gasteiger partial charge in [0, 0.05) is 29.6 Å². The number of nitrogens with zero attached hydrogens (tertiary/aromatic N) is 2. The van der Waals surface area contributed by atoms with E-state index in [4.69, 9.17) is 4.74 Å². The third-order valence-electron chi connectivity index (χ3n) is 5.38. The molecular formula is C23H25N3O4S2. The van der Waals surface area contributed by atoms with Crippen LogP contribution in [-0.2, 0) is 14.8 Å². The number of nitrogens with one attached hydrogen (secondary N) is 1. The lowest BCUT2D eigenvalue weighted by molar-refractivity contribution is 0.0730. The topological polar surface area (TPSA) is 88.6 Å². The molecule has 1 fully saturated rings. The van der Waals surface area contributed by atoms with Gasteiger partial charge >= 0.3 is 0 Å². The van der Waals surface area contributed by atoms with Crippen LogP contribution in [0.25, 0.3) is 11.3 Å². The molecule has 32 heavy (non-hydrogen) atoms. The molecule has 0 spiro atoms. The van der Waals surface area contributed by atoms with E-state index in [-0.39, 0.29) is 10.8 Å². The molecule has 0 aliphatic carbocycles. The van der Waals surface area contributed by atoms with Gasteiger partial charge in [-0.3, -0.25) is 10.1 Å². The predicted molar refractivity (Wildman–Crippen MR) is 126 cm³/mol. The van der Waals surface area contributed by atoms with Gasteiger partial charge in [-0.05, 0) is 56.2 Å². The van der Waals surface area contributed by atoms with Crippen LogP contribution in [0.3, 0.4) is 0 Å². The number of aromatic nitrogens is 1. The summed E-state index contributed by atoms with van der Waals surface area (Å²) in [7, 11) is -3.59. The molecule has 0 unspecified atom stereocenters. The van der Waals surface area contributed by atoms with Crippen LogP contribution in [0.15, 0.2) is 46.7 Å². The lowest BCUT2D eigenvalue weighted by Gasteiger charge is -2.26. The van der Waals surface area contributed by atoms with E-state index in [9.17, 15) is 13.2 Å². The summed E-state index contributed by atoms with van der Waals surface area (Å²) in [6.45, 7) is 7.61. The Kier molecular flexibility index (Phi) is 6.43. The summed E-state index contributed by atoms with van der Waals surface area (Å²) in [4.78, 5) is 17.4. The summed E-state index contributed by atoms with van der Waals surface area (Å²) < 4.78 is 32.1. The number of benzene rings is 2. The molecule has 0 atom stereocenters. The molecule has 2 aromatic carbocycles. The number of carbonyl (C=O) groups excluding carboxylic acids is 1. The fourth-order valence-corrected chi connectivity index (χ4v) is 6.02. The number of aryl methyl sites for hydroxylation is 3. The molecule has 2 heterocycles. The smallest absolute Gasteiger partial charge is 0.257 e. The fraction of sp³-hybridized carbons (Fsp3) is 0.304. The minimum Gasteiger partial charge on any atom is -0.379 e. The highest BCUT2D eigenvalue weighted by Crippen LogP contribution is 2.31. The van der Waals surface area contributed by atoms with Crippen LogP contribution >= 0.6 is 11.3 Å². The minimum absolute atomic E-state index is 0.165. The third kappa shape index (κ3) is 4.61. The molecular weight excluding hydrogens is 446 g/mol. The predicted octanol–water partition coefficient (Wildman–Crippen LogP) is 4.01. The SMILES string of the molecule is Cc1cc(C)c(-c2csc(NC(=O)c3ccc(S(=O)(=O)N4CCOCC4)cc3)n2)c(C)c1. The average Bonchev–Trinajstić information content (AvgIpc) is 3.21. The number of carbonyl (C=O) groups is 1. The molecule has 0 saturated carbocycles.